The second-order valence-electron chi connectivity index (χ2n) is 9.58. The molecule has 0 bridgehead atoms. The molecule has 0 aromatic heterocycles. The van der Waals surface area contributed by atoms with Gasteiger partial charge in [0.25, 0.3) is 0 Å². The van der Waals surface area contributed by atoms with Gasteiger partial charge in [0.05, 0.1) is 52.9 Å². The first kappa shape index (κ1) is 34.6. The topological polar surface area (TPSA) is 117 Å². The van der Waals surface area contributed by atoms with E-state index in [2.05, 4.69) is 0 Å². The van der Waals surface area contributed by atoms with Gasteiger partial charge in [-0.25, -0.2) is 0 Å². The lowest BCUT2D eigenvalue weighted by Crippen LogP contribution is -2.14. The predicted molar refractivity (Wildman–Crippen MR) is 162 cm³/mol. The highest BCUT2D eigenvalue weighted by Gasteiger charge is 2.00. The quantitative estimate of drug-likeness (QED) is 0.135. The minimum absolute atomic E-state index is 0.482. The van der Waals surface area contributed by atoms with Crippen LogP contribution in [0.1, 0.15) is 51.4 Å². The Labute approximate surface area is 246 Å². The summed E-state index contributed by atoms with van der Waals surface area (Å²) in [6.07, 6.45) is 8.88. The Bertz CT molecular complexity index is 767. The van der Waals surface area contributed by atoms with Crippen LogP contribution in [0.15, 0.2) is 48.5 Å². The Morgan fingerprint density at radius 1 is 0.317 bits per heavy atom. The zero-order chi connectivity index (χ0) is 29.1. The van der Waals surface area contributed by atoms with Crippen molar-refractivity contribution in [2.45, 2.75) is 51.4 Å². The van der Waals surface area contributed by atoms with Gasteiger partial charge in [0.2, 0.25) is 0 Å². The summed E-state index contributed by atoms with van der Waals surface area (Å²) in [6, 6.07) is 15.4. The summed E-state index contributed by atoms with van der Waals surface area (Å²) in [5.41, 5.74) is 11.0. The molecule has 0 saturated heterocycles. The Morgan fingerprint density at radius 2 is 0.585 bits per heavy atom. The molecule has 9 heteroatoms. The van der Waals surface area contributed by atoms with Gasteiger partial charge in [-0.05, 0) is 87.3 Å². The van der Waals surface area contributed by atoms with Crippen molar-refractivity contribution in [2.75, 3.05) is 79.2 Å². The predicted octanol–water partition coefficient (Wildman–Crippen LogP) is 4.99. The third kappa shape index (κ3) is 19.2. The summed E-state index contributed by atoms with van der Waals surface area (Å²) in [5, 5.41) is 0. The van der Waals surface area contributed by atoms with Gasteiger partial charge >= 0.3 is 0 Å². The van der Waals surface area contributed by atoms with Crippen LogP contribution in [0.2, 0.25) is 0 Å². The standard InChI is InChI=1S/C32H52N2O7/c33-17-5-1-3-7-19-38-29-9-13-31(14-10-29)40-27-25-36-23-21-35-22-24-37-26-28-41-32-15-11-30(12-16-32)39-20-8-4-2-6-18-34/h9-16H,1-8,17-28,33-34H2. The van der Waals surface area contributed by atoms with Crippen molar-refractivity contribution in [3.63, 3.8) is 0 Å². The smallest absolute Gasteiger partial charge is 0.119 e. The van der Waals surface area contributed by atoms with Crippen molar-refractivity contribution in [2.24, 2.45) is 11.5 Å². The van der Waals surface area contributed by atoms with Gasteiger partial charge in [-0.15, -0.1) is 0 Å². The van der Waals surface area contributed by atoms with Crippen molar-refractivity contribution in [1.82, 2.24) is 0 Å². The van der Waals surface area contributed by atoms with Crippen LogP contribution in [-0.4, -0.2) is 79.2 Å². The normalized spacial score (nSPS) is 11.0. The Balaban J connectivity index is 1.34. The first-order chi connectivity index (χ1) is 20.3. The molecule has 2 aromatic carbocycles. The van der Waals surface area contributed by atoms with E-state index in [4.69, 9.17) is 44.6 Å². The zero-order valence-electron chi connectivity index (χ0n) is 24.8. The fourth-order valence-electron chi connectivity index (χ4n) is 3.82. The highest BCUT2D eigenvalue weighted by Crippen LogP contribution is 2.19. The number of hydrogen-bond donors (Lipinski definition) is 2. The van der Waals surface area contributed by atoms with Crippen molar-refractivity contribution in [3.05, 3.63) is 48.5 Å². The van der Waals surface area contributed by atoms with Crippen LogP contribution < -0.4 is 30.4 Å². The van der Waals surface area contributed by atoms with E-state index in [1.807, 2.05) is 48.5 Å². The minimum atomic E-state index is 0.482. The summed E-state index contributed by atoms with van der Waals surface area (Å²) in [7, 11) is 0. The van der Waals surface area contributed by atoms with Crippen molar-refractivity contribution >= 4 is 0 Å². The van der Waals surface area contributed by atoms with Crippen molar-refractivity contribution < 1.29 is 33.2 Å². The molecule has 0 fully saturated rings. The van der Waals surface area contributed by atoms with Gasteiger partial charge in [-0.1, -0.05) is 25.7 Å². The summed E-state index contributed by atoms with van der Waals surface area (Å²) in [4.78, 5) is 0. The molecule has 0 aliphatic heterocycles. The van der Waals surface area contributed by atoms with Crippen LogP contribution in [0.4, 0.5) is 0 Å². The van der Waals surface area contributed by atoms with E-state index in [1.165, 1.54) is 0 Å². The molecule has 0 unspecified atom stereocenters. The number of rotatable bonds is 28. The molecule has 9 nitrogen and oxygen atoms in total. The molecular weight excluding hydrogens is 524 g/mol. The number of unbranched alkanes of at least 4 members (excludes halogenated alkanes) is 6. The second kappa shape index (κ2) is 25.2. The first-order valence-electron chi connectivity index (χ1n) is 15.2. The molecule has 4 N–H and O–H groups in total. The molecule has 2 rings (SSSR count). The van der Waals surface area contributed by atoms with Crippen LogP contribution in [-0.2, 0) is 14.2 Å². The van der Waals surface area contributed by atoms with Gasteiger partial charge in [-0.3, -0.25) is 0 Å². The van der Waals surface area contributed by atoms with E-state index in [0.29, 0.717) is 52.9 Å². The highest BCUT2D eigenvalue weighted by atomic mass is 16.6. The maximum atomic E-state index is 5.75. The van der Waals surface area contributed by atoms with Crippen LogP contribution in [0.25, 0.3) is 0 Å². The molecule has 0 aliphatic rings. The number of hydrogen-bond acceptors (Lipinski definition) is 9. The fourth-order valence-corrected chi connectivity index (χ4v) is 3.82. The average molecular weight is 577 g/mol. The van der Waals surface area contributed by atoms with Gasteiger partial charge in [-0.2, -0.15) is 0 Å². The van der Waals surface area contributed by atoms with Crippen LogP contribution in [0, 0.1) is 0 Å². The Hall–Kier alpha value is -2.56. The third-order valence-corrected chi connectivity index (χ3v) is 6.12. The maximum absolute atomic E-state index is 5.75. The van der Waals surface area contributed by atoms with E-state index >= 15 is 0 Å². The third-order valence-electron chi connectivity index (χ3n) is 6.12. The van der Waals surface area contributed by atoms with Crippen LogP contribution in [0.3, 0.4) is 0 Å². The maximum Gasteiger partial charge on any atom is 0.119 e. The molecule has 41 heavy (non-hydrogen) atoms. The van der Waals surface area contributed by atoms with E-state index in [1.54, 1.807) is 0 Å². The van der Waals surface area contributed by atoms with E-state index in [9.17, 15) is 0 Å². The molecule has 2 aromatic rings. The number of benzene rings is 2. The second-order valence-corrected chi connectivity index (χ2v) is 9.58. The molecular formula is C32H52N2O7. The van der Waals surface area contributed by atoms with Gasteiger partial charge in [0, 0.05) is 0 Å². The number of ether oxygens (including phenoxy) is 7. The van der Waals surface area contributed by atoms with E-state index in [-0.39, 0.29) is 0 Å². The van der Waals surface area contributed by atoms with Crippen LogP contribution in [0.5, 0.6) is 23.0 Å². The van der Waals surface area contributed by atoms with Gasteiger partial charge < -0.3 is 44.6 Å². The summed E-state index contributed by atoms with van der Waals surface area (Å²) >= 11 is 0. The molecule has 0 saturated carbocycles. The van der Waals surface area contributed by atoms with Gasteiger partial charge in [0.1, 0.15) is 36.2 Å². The van der Waals surface area contributed by atoms with Crippen molar-refractivity contribution in [3.8, 4) is 23.0 Å². The molecule has 0 heterocycles. The van der Waals surface area contributed by atoms with E-state index < -0.39 is 0 Å². The largest absolute Gasteiger partial charge is 0.494 e. The molecule has 232 valence electrons. The van der Waals surface area contributed by atoms with E-state index in [0.717, 1.165) is 101 Å². The first-order valence-corrected chi connectivity index (χ1v) is 15.2. The summed E-state index contributed by atoms with van der Waals surface area (Å²) < 4.78 is 39.6. The molecule has 0 spiro atoms. The Kier molecular flexibility index (Phi) is 21.3. The van der Waals surface area contributed by atoms with Crippen LogP contribution >= 0.6 is 0 Å². The number of nitrogens with two attached hydrogens (primary N) is 2. The molecule has 0 aliphatic carbocycles. The summed E-state index contributed by atoms with van der Waals surface area (Å²) in [6.45, 7) is 7.00. The average Bonchev–Trinajstić information content (AvgIpc) is 3.00. The SMILES string of the molecule is NCCCCCCOc1ccc(OCCOCCOCCOCCOc2ccc(OCCCCCCN)cc2)cc1. The summed E-state index contributed by atoms with van der Waals surface area (Å²) in [5.74, 6) is 3.32. The van der Waals surface area contributed by atoms with Crippen molar-refractivity contribution in [1.29, 1.82) is 0 Å². The Morgan fingerprint density at radius 3 is 0.902 bits per heavy atom. The van der Waals surface area contributed by atoms with Gasteiger partial charge in [0.15, 0.2) is 0 Å². The fraction of sp³-hybridized carbons (Fsp3) is 0.625. The lowest BCUT2D eigenvalue weighted by Gasteiger charge is -2.10. The highest BCUT2D eigenvalue weighted by molar-refractivity contribution is 5.32. The molecule has 0 atom stereocenters. The lowest BCUT2D eigenvalue weighted by molar-refractivity contribution is 0.00498. The minimum Gasteiger partial charge on any atom is -0.494 e. The monoisotopic (exact) mass is 576 g/mol. The zero-order valence-corrected chi connectivity index (χ0v) is 24.8. The molecule has 0 radical (unpaired) electrons. The molecule has 0 amide bonds. The lowest BCUT2D eigenvalue weighted by atomic mass is 10.2.